The number of carbonyl (C=O) groups is 1. The standard InChI is InChI=1S/C14H21BrN2O2/c1-3-7-17-9-10-5-6-13(11(15)8-10)19-12(4-2)14(16)18/h5-6,8,12,17H,3-4,7,9H2,1-2H3,(H2,16,18). The van der Waals surface area contributed by atoms with Gasteiger partial charge in [-0.05, 0) is 53.0 Å². The maximum absolute atomic E-state index is 11.2. The van der Waals surface area contributed by atoms with E-state index in [9.17, 15) is 4.79 Å². The van der Waals surface area contributed by atoms with Crippen LogP contribution in [0.25, 0.3) is 0 Å². The minimum Gasteiger partial charge on any atom is -0.479 e. The summed E-state index contributed by atoms with van der Waals surface area (Å²) in [5.74, 6) is 0.202. The van der Waals surface area contributed by atoms with E-state index < -0.39 is 12.0 Å². The summed E-state index contributed by atoms with van der Waals surface area (Å²) >= 11 is 3.46. The van der Waals surface area contributed by atoms with E-state index >= 15 is 0 Å². The van der Waals surface area contributed by atoms with Gasteiger partial charge in [0.15, 0.2) is 6.10 Å². The molecule has 1 unspecified atom stereocenters. The highest BCUT2D eigenvalue weighted by molar-refractivity contribution is 9.10. The first-order valence-corrected chi connectivity index (χ1v) is 7.32. The van der Waals surface area contributed by atoms with Gasteiger partial charge in [0.05, 0.1) is 4.47 Å². The van der Waals surface area contributed by atoms with Crippen LogP contribution in [0.4, 0.5) is 0 Å². The number of amides is 1. The van der Waals surface area contributed by atoms with Crippen molar-refractivity contribution in [1.29, 1.82) is 0 Å². The third-order valence-corrected chi connectivity index (χ3v) is 3.33. The lowest BCUT2D eigenvalue weighted by molar-refractivity contribution is -0.124. The van der Waals surface area contributed by atoms with Crippen LogP contribution in [0.2, 0.25) is 0 Å². The fourth-order valence-corrected chi connectivity index (χ4v) is 2.17. The predicted molar refractivity (Wildman–Crippen MR) is 80.0 cm³/mol. The molecule has 0 fully saturated rings. The van der Waals surface area contributed by atoms with E-state index in [0.717, 1.165) is 24.0 Å². The monoisotopic (exact) mass is 328 g/mol. The van der Waals surface area contributed by atoms with Crippen LogP contribution in [0.1, 0.15) is 32.3 Å². The van der Waals surface area contributed by atoms with E-state index in [1.165, 1.54) is 5.56 Å². The first-order valence-electron chi connectivity index (χ1n) is 6.53. The molecule has 1 rings (SSSR count). The molecule has 0 aliphatic rings. The van der Waals surface area contributed by atoms with Gasteiger partial charge in [0.2, 0.25) is 0 Å². The van der Waals surface area contributed by atoms with Crippen molar-refractivity contribution < 1.29 is 9.53 Å². The van der Waals surface area contributed by atoms with Gasteiger partial charge in [-0.15, -0.1) is 0 Å². The SMILES string of the molecule is CCCNCc1ccc(OC(CC)C(N)=O)c(Br)c1. The van der Waals surface area contributed by atoms with Crippen molar-refractivity contribution in [2.24, 2.45) is 5.73 Å². The first kappa shape index (κ1) is 16.0. The fraction of sp³-hybridized carbons (Fsp3) is 0.500. The number of rotatable bonds is 8. The topological polar surface area (TPSA) is 64.3 Å². The number of nitrogens with two attached hydrogens (primary N) is 1. The van der Waals surface area contributed by atoms with Gasteiger partial charge < -0.3 is 15.8 Å². The van der Waals surface area contributed by atoms with E-state index in [0.29, 0.717) is 12.2 Å². The molecule has 0 spiro atoms. The van der Waals surface area contributed by atoms with E-state index in [4.69, 9.17) is 10.5 Å². The minimum absolute atomic E-state index is 0.442. The van der Waals surface area contributed by atoms with Crippen molar-refractivity contribution in [2.75, 3.05) is 6.54 Å². The van der Waals surface area contributed by atoms with Crippen LogP contribution in [-0.2, 0) is 11.3 Å². The highest BCUT2D eigenvalue weighted by Crippen LogP contribution is 2.27. The Kier molecular flexibility index (Phi) is 6.87. The molecule has 0 saturated heterocycles. The van der Waals surface area contributed by atoms with Crippen LogP contribution in [0.3, 0.4) is 0 Å². The molecule has 5 heteroatoms. The van der Waals surface area contributed by atoms with Crippen molar-refractivity contribution in [2.45, 2.75) is 39.3 Å². The molecule has 106 valence electrons. The van der Waals surface area contributed by atoms with Crippen molar-refractivity contribution in [3.63, 3.8) is 0 Å². The second-order valence-electron chi connectivity index (χ2n) is 4.36. The van der Waals surface area contributed by atoms with Gasteiger partial charge in [-0.3, -0.25) is 4.79 Å². The molecule has 1 aromatic rings. The summed E-state index contributed by atoms with van der Waals surface area (Å²) in [5.41, 5.74) is 6.43. The molecule has 1 amide bonds. The molecule has 0 aromatic heterocycles. The van der Waals surface area contributed by atoms with E-state index in [2.05, 4.69) is 28.2 Å². The third kappa shape index (κ3) is 5.20. The van der Waals surface area contributed by atoms with Crippen LogP contribution in [0.15, 0.2) is 22.7 Å². The fourth-order valence-electron chi connectivity index (χ4n) is 1.66. The number of benzene rings is 1. The molecule has 1 atom stereocenters. The van der Waals surface area contributed by atoms with Gasteiger partial charge in [-0.25, -0.2) is 0 Å². The van der Waals surface area contributed by atoms with E-state index in [1.54, 1.807) is 0 Å². The van der Waals surface area contributed by atoms with Crippen molar-refractivity contribution in [1.82, 2.24) is 5.32 Å². The number of halogens is 1. The summed E-state index contributed by atoms with van der Waals surface area (Å²) < 4.78 is 6.43. The third-order valence-electron chi connectivity index (χ3n) is 2.71. The molecule has 4 nitrogen and oxygen atoms in total. The van der Waals surface area contributed by atoms with Crippen LogP contribution < -0.4 is 15.8 Å². The predicted octanol–water partition coefficient (Wildman–Crippen LogP) is 2.59. The van der Waals surface area contributed by atoms with Crippen LogP contribution in [0.5, 0.6) is 5.75 Å². The maximum Gasteiger partial charge on any atom is 0.258 e. The summed E-state index contributed by atoms with van der Waals surface area (Å²) in [6.07, 6.45) is 1.08. The minimum atomic E-state index is -0.583. The van der Waals surface area contributed by atoms with E-state index in [1.807, 2.05) is 25.1 Å². The van der Waals surface area contributed by atoms with Crippen molar-refractivity contribution in [3.05, 3.63) is 28.2 Å². The molecule has 19 heavy (non-hydrogen) atoms. The number of hydrogen-bond acceptors (Lipinski definition) is 3. The number of hydrogen-bond donors (Lipinski definition) is 2. The molecule has 0 aliphatic carbocycles. The van der Waals surface area contributed by atoms with Crippen molar-refractivity contribution >= 4 is 21.8 Å². The lowest BCUT2D eigenvalue weighted by Crippen LogP contribution is -2.33. The molecule has 3 N–H and O–H groups in total. The Morgan fingerprint density at radius 2 is 2.21 bits per heavy atom. The van der Waals surface area contributed by atoms with Gasteiger partial charge >= 0.3 is 0 Å². The lowest BCUT2D eigenvalue weighted by Gasteiger charge is -2.16. The molecule has 0 bridgehead atoms. The number of ether oxygens (including phenoxy) is 1. The Labute approximate surface area is 122 Å². The summed E-state index contributed by atoms with van der Waals surface area (Å²) in [5, 5.41) is 3.33. The summed E-state index contributed by atoms with van der Waals surface area (Å²) in [7, 11) is 0. The molecule has 1 aromatic carbocycles. The highest BCUT2D eigenvalue weighted by atomic mass is 79.9. The molecular formula is C14H21BrN2O2. The Morgan fingerprint density at radius 3 is 2.74 bits per heavy atom. The Bertz CT molecular complexity index is 424. The zero-order valence-corrected chi connectivity index (χ0v) is 13.0. The average Bonchev–Trinajstić information content (AvgIpc) is 2.37. The number of carbonyl (C=O) groups excluding carboxylic acids is 1. The van der Waals surface area contributed by atoms with Gasteiger partial charge in [0.1, 0.15) is 5.75 Å². The number of nitrogens with one attached hydrogen (secondary N) is 1. The Hall–Kier alpha value is -1.07. The molecule has 0 heterocycles. The summed E-state index contributed by atoms with van der Waals surface area (Å²) in [6, 6.07) is 5.83. The molecule has 0 radical (unpaired) electrons. The largest absolute Gasteiger partial charge is 0.479 e. The van der Waals surface area contributed by atoms with Gasteiger partial charge in [0.25, 0.3) is 5.91 Å². The first-order chi connectivity index (χ1) is 9.08. The Morgan fingerprint density at radius 1 is 1.47 bits per heavy atom. The highest BCUT2D eigenvalue weighted by Gasteiger charge is 2.16. The smallest absolute Gasteiger partial charge is 0.258 e. The second kappa shape index (κ2) is 8.17. The van der Waals surface area contributed by atoms with Gasteiger partial charge in [-0.1, -0.05) is 19.9 Å². The molecule has 0 saturated carbocycles. The molecular weight excluding hydrogens is 308 g/mol. The van der Waals surface area contributed by atoms with E-state index in [-0.39, 0.29) is 0 Å². The second-order valence-corrected chi connectivity index (χ2v) is 5.21. The maximum atomic E-state index is 11.2. The number of primary amides is 1. The summed E-state index contributed by atoms with van der Waals surface area (Å²) in [4.78, 5) is 11.2. The van der Waals surface area contributed by atoms with Crippen LogP contribution >= 0.6 is 15.9 Å². The zero-order valence-electron chi connectivity index (χ0n) is 11.4. The van der Waals surface area contributed by atoms with Crippen LogP contribution in [0, 0.1) is 0 Å². The van der Waals surface area contributed by atoms with Crippen LogP contribution in [-0.4, -0.2) is 18.6 Å². The normalized spacial score (nSPS) is 12.2. The Balaban J connectivity index is 2.68. The molecule has 0 aliphatic heterocycles. The quantitative estimate of drug-likeness (QED) is 0.721. The van der Waals surface area contributed by atoms with Crippen molar-refractivity contribution in [3.8, 4) is 5.75 Å². The lowest BCUT2D eigenvalue weighted by atomic mass is 10.2. The van der Waals surface area contributed by atoms with Gasteiger partial charge in [0, 0.05) is 6.54 Å². The van der Waals surface area contributed by atoms with Gasteiger partial charge in [-0.2, -0.15) is 0 Å². The zero-order chi connectivity index (χ0) is 14.3. The average molecular weight is 329 g/mol. The summed E-state index contributed by atoms with van der Waals surface area (Å²) in [6.45, 7) is 5.82.